The number of nitrogens with zero attached hydrogens (tertiary/aromatic N) is 2. The molecule has 1 fully saturated rings. The third kappa shape index (κ3) is 3.95. The van der Waals surface area contributed by atoms with Gasteiger partial charge < -0.3 is 0 Å². The first kappa shape index (κ1) is 23.1. The van der Waals surface area contributed by atoms with E-state index in [9.17, 15) is 8.42 Å². The highest BCUT2D eigenvalue weighted by molar-refractivity contribution is 7.91. The first-order chi connectivity index (χ1) is 16.3. The number of rotatable bonds is 5. The molecule has 0 spiro atoms. The molecule has 5 heteroatoms. The molecule has 2 aromatic carbocycles. The molecular formula is C29H34N2O2S. The molecule has 2 atom stereocenters. The summed E-state index contributed by atoms with van der Waals surface area (Å²) in [5, 5.41) is 1.04. The lowest BCUT2D eigenvalue weighted by Gasteiger charge is -2.36. The molecule has 2 heterocycles. The van der Waals surface area contributed by atoms with Gasteiger partial charge in [-0.2, -0.15) is 0 Å². The average molecular weight is 475 g/mol. The molecule has 3 aromatic rings. The van der Waals surface area contributed by atoms with E-state index >= 15 is 0 Å². The van der Waals surface area contributed by atoms with Crippen molar-refractivity contribution in [3.8, 4) is 0 Å². The van der Waals surface area contributed by atoms with Gasteiger partial charge in [0.15, 0.2) is 0 Å². The number of piperidine rings is 1. The van der Waals surface area contributed by atoms with Crippen LogP contribution in [0.15, 0.2) is 78.5 Å². The van der Waals surface area contributed by atoms with Gasteiger partial charge in [0.05, 0.1) is 5.52 Å². The Bertz CT molecular complexity index is 1370. The molecule has 4 nitrogen and oxygen atoms in total. The van der Waals surface area contributed by atoms with Crippen molar-refractivity contribution in [3.63, 3.8) is 0 Å². The van der Waals surface area contributed by atoms with Crippen LogP contribution in [0.1, 0.15) is 62.3 Å². The summed E-state index contributed by atoms with van der Waals surface area (Å²) < 4.78 is 28.4. The Morgan fingerprint density at radius 2 is 1.82 bits per heavy atom. The summed E-state index contributed by atoms with van der Waals surface area (Å²) in [6, 6.07) is 17.4. The Kier molecular flexibility index (Phi) is 6.03. The van der Waals surface area contributed by atoms with E-state index in [1.54, 1.807) is 6.20 Å². The predicted molar refractivity (Wildman–Crippen MR) is 140 cm³/mol. The second-order valence-electron chi connectivity index (χ2n) is 10.1. The van der Waals surface area contributed by atoms with Crippen molar-refractivity contribution in [2.45, 2.75) is 63.8 Å². The van der Waals surface area contributed by atoms with Crippen LogP contribution in [0, 0.1) is 6.92 Å². The topological polar surface area (TPSA) is 42.3 Å². The van der Waals surface area contributed by atoms with E-state index < -0.39 is 14.8 Å². The van der Waals surface area contributed by atoms with Gasteiger partial charge in [0.1, 0.15) is 4.75 Å². The number of likely N-dealkylation sites (tertiary alicyclic amines) is 1. The SMILES string of the molecule is CC1=CC(C)(S(=O)(=O)n2ccc3c(CN4CCCCC4c4ccccc4)ccc(C)c32)CC=C1. The summed E-state index contributed by atoms with van der Waals surface area (Å²) in [5.74, 6) is 0. The Labute approximate surface area is 203 Å². The average Bonchev–Trinajstić information content (AvgIpc) is 3.29. The van der Waals surface area contributed by atoms with Crippen LogP contribution in [0.5, 0.6) is 0 Å². The lowest BCUT2D eigenvalue weighted by atomic mass is 9.94. The van der Waals surface area contributed by atoms with E-state index in [1.807, 2.05) is 45.1 Å². The van der Waals surface area contributed by atoms with E-state index in [2.05, 4.69) is 47.4 Å². The van der Waals surface area contributed by atoms with Gasteiger partial charge in [-0.05, 0) is 69.3 Å². The second kappa shape index (κ2) is 8.86. The van der Waals surface area contributed by atoms with Gasteiger partial charge in [0.2, 0.25) is 10.0 Å². The molecular weight excluding hydrogens is 440 g/mol. The predicted octanol–water partition coefficient (Wildman–Crippen LogP) is 6.52. The zero-order valence-corrected chi connectivity index (χ0v) is 21.2. The lowest BCUT2D eigenvalue weighted by molar-refractivity contribution is 0.141. The van der Waals surface area contributed by atoms with Crippen LogP contribution in [0.2, 0.25) is 0 Å². The molecule has 2 unspecified atom stereocenters. The fraction of sp³-hybridized carbons (Fsp3) is 0.379. The number of hydrogen-bond acceptors (Lipinski definition) is 3. The lowest BCUT2D eigenvalue weighted by Crippen LogP contribution is -2.38. The summed E-state index contributed by atoms with van der Waals surface area (Å²) in [7, 11) is -3.63. The minimum Gasteiger partial charge on any atom is -0.292 e. The van der Waals surface area contributed by atoms with Gasteiger partial charge in [-0.25, -0.2) is 12.4 Å². The highest BCUT2D eigenvalue weighted by atomic mass is 32.2. The molecule has 1 aromatic heterocycles. The second-order valence-corrected chi connectivity index (χ2v) is 12.4. The van der Waals surface area contributed by atoms with E-state index in [-0.39, 0.29) is 0 Å². The molecule has 1 saturated heterocycles. The number of allylic oxidation sites excluding steroid dienone is 3. The molecule has 34 heavy (non-hydrogen) atoms. The molecule has 0 radical (unpaired) electrons. The zero-order valence-electron chi connectivity index (χ0n) is 20.4. The summed E-state index contributed by atoms with van der Waals surface area (Å²) in [5.41, 5.74) is 5.35. The Hall–Kier alpha value is -2.63. The van der Waals surface area contributed by atoms with Crippen molar-refractivity contribution in [2.75, 3.05) is 6.54 Å². The van der Waals surface area contributed by atoms with Crippen molar-refractivity contribution < 1.29 is 8.42 Å². The third-order valence-electron chi connectivity index (χ3n) is 7.56. The van der Waals surface area contributed by atoms with Crippen molar-refractivity contribution in [1.82, 2.24) is 8.87 Å². The van der Waals surface area contributed by atoms with Gasteiger partial charge in [-0.15, -0.1) is 0 Å². The number of aryl methyl sites for hydroxylation is 1. The zero-order chi connectivity index (χ0) is 23.9. The number of aromatic nitrogens is 1. The smallest absolute Gasteiger partial charge is 0.248 e. The highest BCUT2D eigenvalue weighted by Crippen LogP contribution is 2.37. The minimum atomic E-state index is -3.63. The molecule has 0 amide bonds. The van der Waals surface area contributed by atoms with Gasteiger partial charge in [0.25, 0.3) is 0 Å². The van der Waals surface area contributed by atoms with Crippen LogP contribution in [-0.2, 0) is 16.6 Å². The van der Waals surface area contributed by atoms with E-state index in [0.717, 1.165) is 41.5 Å². The van der Waals surface area contributed by atoms with Gasteiger partial charge in [-0.1, -0.05) is 72.7 Å². The Morgan fingerprint density at radius 3 is 2.59 bits per heavy atom. The van der Waals surface area contributed by atoms with Crippen molar-refractivity contribution >= 4 is 20.9 Å². The Balaban J connectivity index is 1.54. The molecule has 178 valence electrons. The van der Waals surface area contributed by atoms with E-state index in [0.29, 0.717) is 12.5 Å². The largest absolute Gasteiger partial charge is 0.292 e. The standard InChI is InChI=1S/C29H34N2O2S/c1-22-10-9-17-29(3,20-22)34(32,33)31-19-16-26-25(15-14-23(2)28(26)31)21-30-18-8-7-13-27(30)24-11-5-4-6-12-24/h4-6,9-12,14-16,19-20,27H,7-8,13,17-18,21H2,1-3H3. The molecule has 0 saturated carbocycles. The monoisotopic (exact) mass is 474 g/mol. The summed E-state index contributed by atoms with van der Waals surface area (Å²) in [4.78, 5) is 2.56. The van der Waals surface area contributed by atoms with Crippen LogP contribution in [0.25, 0.3) is 10.9 Å². The maximum absolute atomic E-state index is 13.9. The molecule has 0 N–H and O–H groups in total. The summed E-state index contributed by atoms with van der Waals surface area (Å²) >= 11 is 0. The van der Waals surface area contributed by atoms with Crippen molar-refractivity contribution in [3.05, 3.63) is 95.2 Å². The van der Waals surface area contributed by atoms with Crippen LogP contribution in [0.4, 0.5) is 0 Å². The maximum atomic E-state index is 13.9. The number of benzene rings is 2. The van der Waals surface area contributed by atoms with Crippen molar-refractivity contribution in [2.24, 2.45) is 0 Å². The molecule has 1 aliphatic carbocycles. The Morgan fingerprint density at radius 1 is 1.03 bits per heavy atom. The third-order valence-corrected chi connectivity index (χ3v) is 9.85. The quantitative estimate of drug-likeness (QED) is 0.423. The molecule has 1 aliphatic heterocycles. The van der Waals surface area contributed by atoms with Gasteiger partial charge >= 0.3 is 0 Å². The number of fused-ring (bicyclic) bond motifs is 1. The summed E-state index contributed by atoms with van der Waals surface area (Å²) in [6.07, 6.45) is 11.7. The molecule has 5 rings (SSSR count). The van der Waals surface area contributed by atoms with Gasteiger partial charge in [0, 0.05) is 24.2 Å². The minimum absolute atomic E-state index is 0.401. The van der Waals surface area contributed by atoms with Crippen LogP contribution < -0.4 is 0 Å². The van der Waals surface area contributed by atoms with Gasteiger partial charge in [-0.3, -0.25) is 4.90 Å². The fourth-order valence-electron chi connectivity index (χ4n) is 5.72. The maximum Gasteiger partial charge on any atom is 0.248 e. The molecule has 2 aliphatic rings. The van der Waals surface area contributed by atoms with Crippen LogP contribution in [0.3, 0.4) is 0 Å². The van der Waals surface area contributed by atoms with E-state index in [4.69, 9.17) is 0 Å². The molecule has 0 bridgehead atoms. The van der Waals surface area contributed by atoms with Crippen molar-refractivity contribution in [1.29, 1.82) is 0 Å². The van der Waals surface area contributed by atoms with Crippen LogP contribution in [-0.4, -0.2) is 28.6 Å². The number of hydrogen-bond donors (Lipinski definition) is 0. The van der Waals surface area contributed by atoms with Crippen LogP contribution >= 0.6 is 0 Å². The fourth-order valence-corrected chi connectivity index (χ4v) is 7.51. The van der Waals surface area contributed by atoms with E-state index in [1.165, 1.54) is 27.9 Å². The first-order valence-electron chi connectivity index (χ1n) is 12.3. The summed E-state index contributed by atoms with van der Waals surface area (Å²) in [6.45, 7) is 7.68. The first-order valence-corrected chi connectivity index (χ1v) is 13.7. The highest BCUT2D eigenvalue weighted by Gasteiger charge is 2.39. The normalized spacial score (nSPS) is 23.9.